The van der Waals surface area contributed by atoms with E-state index >= 15 is 0 Å². The minimum absolute atomic E-state index is 0.0339. The molecule has 8 heteroatoms. The minimum atomic E-state index is -4.01. The number of nitrogens with zero attached hydrogens (tertiary/aromatic N) is 1. The normalized spacial score (nSPS) is 11.0. The molecule has 4 nitrogen and oxygen atoms in total. The second-order valence-corrected chi connectivity index (χ2v) is 6.93. The third kappa shape index (κ3) is 3.17. The number of hydrogen-bond acceptors (Lipinski definition) is 3. The van der Waals surface area contributed by atoms with Crippen LogP contribution < -0.4 is 4.72 Å². The highest BCUT2D eigenvalue weighted by molar-refractivity contribution is 7.92. The molecule has 2 rings (SSSR count). The molecule has 0 aromatic heterocycles. The van der Waals surface area contributed by atoms with E-state index in [0.29, 0.717) is 0 Å². The number of rotatable bonds is 3. The van der Waals surface area contributed by atoms with Gasteiger partial charge < -0.3 is 0 Å². The predicted octanol–water partition coefficient (Wildman–Crippen LogP) is 4.11. The lowest BCUT2D eigenvalue weighted by molar-refractivity contribution is 0.601. The number of hydrogen-bond donors (Lipinski definition) is 1. The monoisotopic (exact) mass is 358 g/mol. The molecule has 2 aromatic rings. The summed E-state index contributed by atoms with van der Waals surface area (Å²) in [6.45, 7) is 1.81. The fraction of sp³-hybridized carbons (Fsp3) is 0.0714. The Hall–Kier alpha value is -1.81. The molecule has 0 radical (unpaired) electrons. The first-order valence-corrected chi connectivity index (χ1v) is 8.17. The van der Waals surface area contributed by atoms with E-state index in [4.69, 9.17) is 28.5 Å². The van der Waals surface area contributed by atoms with Crippen molar-refractivity contribution >= 4 is 38.9 Å². The van der Waals surface area contributed by atoms with E-state index in [-0.39, 0.29) is 20.6 Å². The average Bonchev–Trinajstić information content (AvgIpc) is 2.45. The zero-order valence-corrected chi connectivity index (χ0v) is 13.5. The first-order chi connectivity index (χ1) is 10.3. The first kappa shape index (κ1) is 16.6. The van der Waals surface area contributed by atoms with E-state index in [1.165, 1.54) is 12.1 Å². The number of halogens is 3. The number of nitrogens with one attached hydrogen (secondary N) is 1. The highest BCUT2D eigenvalue weighted by Crippen LogP contribution is 2.34. The van der Waals surface area contributed by atoms with E-state index in [1.54, 1.807) is 18.2 Å². The minimum Gasteiger partial charge on any atom is -0.277 e. The van der Waals surface area contributed by atoms with Crippen LogP contribution in [0.25, 0.3) is 0 Å². The Bertz CT molecular complexity index is 875. The number of sulfonamides is 1. The summed E-state index contributed by atoms with van der Waals surface area (Å²) in [5.41, 5.74) is -0.0212. The second kappa shape index (κ2) is 6.13. The standard InChI is InChI=1S/C14H9Cl2FN2O2S/c1-8-2-4-9(5-3-8)22(20,21)19-14-10(7-18)13(17)11(15)6-12(14)16/h2-6,19H,1H3. The number of anilines is 1. The van der Waals surface area contributed by atoms with Crippen LogP contribution in [0.4, 0.5) is 10.1 Å². The molecule has 0 bridgehead atoms. The first-order valence-electron chi connectivity index (χ1n) is 5.93. The Labute approximate surface area is 137 Å². The van der Waals surface area contributed by atoms with Crippen LogP contribution in [0.5, 0.6) is 0 Å². The summed E-state index contributed by atoms with van der Waals surface area (Å²) in [6, 6.07) is 8.61. The maximum atomic E-state index is 13.8. The molecular weight excluding hydrogens is 350 g/mol. The maximum Gasteiger partial charge on any atom is 0.261 e. The van der Waals surface area contributed by atoms with Gasteiger partial charge in [0.25, 0.3) is 10.0 Å². The Kier molecular flexibility index (Phi) is 4.61. The van der Waals surface area contributed by atoms with Crippen molar-refractivity contribution in [2.24, 2.45) is 0 Å². The van der Waals surface area contributed by atoms with Crippen molar-refractivity contribution in [3.63, 3.8) is 0 Å². The summed E-state index contributed by atoms with van der Waals surface area (Å²) < 4.78 is 40.5. The van der Waals surface area contributed by atoms with Gasteiger partial charge in [0.1, 0.15) is 11.6 Å². The van der Waals surface area contributed by atoms with Crippen molar-refractivity contribution in [1.82, 2.24) is 0 Å². The molecule has 2 aromatic carbocycles. The SMILES string of the molecule is Cc1ccc(S(=O)(=O)Nc2c(Cl)cc(Cl)c(F)c2C#N)cc1. The molecule has 22 heavy (non-hydrogen) atoms. The summed E-state index contributed by atoms with van der Waals surface area (Å²) in [4.78, 5) is -0.0339. The van der Waals surface area contributed by atoms with E-state index < -0.39 is 21.4 Å². The number of nitriles is 1. The van der Waals surface area contributed by atoms with Crippen molar-refractivity contribution in [2.75, 3.05) is 4.72 Å². The molecule has 0 heterocycles. The topological polar surface area (TPSA) is 70.0 Å². The van der Waals surface area contributed by atoms with Crippen LogP contribution in [0, 0.1) is 24.1 Å². The van der Waals surface area contributed by atoms with E-state index in [9.17, 15) is 12.8 Å². The molecule has 0 aliphatic heterocycles. The van der Waals surface area contributed by atoms with Crippen LogP contribution in [0.3, 0.4) is 0 Å². The third-order valence-corrected chi connectivity index (χ3v) is 4.79. The van der Waals surface area contributed by atoms with Crippen molar-refractivity contribution in [2.45, 2.75) is 11.8 Å². The Morgan fingerprint density at radius 2 is 1.77 bits per heavy atom. The predicted molar refractivity (Wildman–Crippen MR) is 83.1 cm³/mol. The maximum absolute atomic E-state index is 13.8. The molecule has 0 spiro atoms. The van der Waals surface area contributed by atoms with Gasteiger partial charge in [-0.2, -0.15) is 5.26 Å². The lowest BCUT2D eigenvalue weighted by Crippen LogP contribution is -2.15. The molecule has 0 fully saturated rings. The molecule has 0 amide bonds. The van der Waals surface area contributed by atoms with Crippen LogP contribution in [-0.4, -0.2) is 8.42 Å². The van der Waals surface area contributed by atoms with Crippen LogP contribution >= 0.6 is 23.2 Å². The van der Waals surface area contributed by atoms with Crippen molar-refractivity contribution < 1.29 is 12.8 Å². The summed E-state index contributed by atoms with van der Waals surface area (Å²) >= 11 is 11.5. The Morgan fingerprint density at radius 3 is 2.32 bits per heavy atom. The molecule has 0 saturated carbocycles. The van der Waals surface area contributed by atoms with E-state index in [2.05, 4.69) is 4.72 Å². The smallest absolute Gasteiger partial charge is 0.261 e. The van der Waals surface area contributed by atoms with Gasteiger partial charge in [0, 0.05) is 0 Å². The quantitative estimate of drug-likeness (QED) is 0.839. The zero-order valence-electron chi connectivity index (χ0n) is 11.2. The lowest BCUT2D eigenvalue weighted by Gasteiger charge is -2.12. The largest absolute Gasteiger partial charge is 0.277 e. The number of benzene rings is 2. The van der Waals surface area contributed by atoms with Crippen molar-refractivity contribution in [3.8, 4) is 6.07 Å². The molecule has 0 saturated heterocycles. The molecule has 0 aliphatic rings. The summed E-state index contributed by atoms with van der Waals surface area (Å²) in [5, 5.41) is 8.48. The molecule has 114 valence electrons. The highest BCUT2D eigenvalue weighted by Gasteiger charge is 2.22. The van der Waals surface area contributed by atoms with Gasteiger partial charge in [0.2, 0.25) is 0 Å². The van der Waals surface area contributed by atoms with E-state index in [0.717, 1.165) is 11.6 Å². The number of aryl methyl sites for hydroxylation is 1. The molecule has 1 N–H and O–H groups in total. The van der Waals surface area contributed by atoms with E-state index in [1.807, 2.05) is 6.92 Å². The second-order valence-electron chi connectivity index (χ2n) is 4.43. The fourth-order valence-corrected chi connectivity index (χ4v) is 3.37. The third-order valence-electron chi connectivity index (χ3n) is 2.85. The molecule has 0 atom stereocenters. The lowest BCUT2D eigenvalue weighted by atomic mass is 10.2. The van der Waals surface area contributed by atoms with Crippen molar-refractivity contribution in [1.29, 1.82) is 5.26 Å². The van der Waals surface area contributed by atoms with Gasteiger partial charge in [-0.3, -0.25) is 4.72 Å². The van der Waals surface area contributed by atoms with Gasteiger partial charge in [-0.25, -0.2) is 12.8 Å². The molecule has 0 unspecified atom stereocenters. The van der Waals surface area contributed by atoms with Gasteiger partial charge in [-0.1, -0.05) is 40.9 Å². The van der Waals surface area contributed by atoms with Crippen molar-refractivity contribution in [3.05, 3.63) is 57.3 Å². The molecular formula is C14H9Cl2FN2O2S. The summed E-state index contributed by atoms with van der Waals surface area (Å²) in [6.07, 6.45) is 0. The van der Waals surface area contributed by atoms with Gasteiger partial charge in [-0.15, -0.1) is 0 Å². The highest BCUT2D eigenvalue weighted by atomic mass is 35.5. The molecule has 0 aliphatic carbocycles. The fourth-order valence-electron chi connectivity index (χ4n) is 1.71. The van der Waals surface area contributed by atoms with Crippen LogP contribution in [-0.2, 0) is 10.0 Å². The van der Waals surface area contributed by atoms with Crippen LogP contribution in [0.1, 0.15) is 11.1 Å². The van der Waals surface area contributed by atoms with Gasteiger partial charge >= 0.3 is 0 Å². The average molecular weight is 359 g/mol. The Morgan fingerprint density at radius 1 is 1.18 bits per heavy atom. The van der Waals surface area contributed by atoms with Gasteiger partial charge in [-0.05, 0) is 25.1 Å². The summed E-state index contributed by atoms with van der Waals surface area (Å²) in [7, 11) is -4.01. The Balaban J connectivity index is 2.53. The summed E-state index contributed by atoms with van der Waals surface area (Å²) in [5.74, 6) is -1.03. The van der Waals surface area contributed by atoms with Crippen LogP contribution in [0.2, 0.25) is 10.0 Å². The zero-order chi connectivity index (χ0) is 16.5. The van der Waals surface area contributed by atoms with Gasteiger partial charge in [0.15, 0.2) is 5.82 Å². The van der Waals surface area contributed by atoms with Gasteiger partial charge in [0.05, 0.1) is 20.6 Å². The van der Waals surface area contributed by atoms with Crippen LogP contribution in [0.15, 0.2) is 35.2 Å².